The molecule has 2 rings (SSSR count). The van der Waals surface area contributed by atoms with E-state index in [-0.39, 0.29) is 11.7 Å². The summed E-state index contributed by atoms with van der Waals surface area (Å²) in [5, 5.41) is 2.56. The van der Waals surface area contributed by atoms with Crippen molar-refractivity contribution in [2.45, 2.75) is 6.92 Å². The Morgan fingerprint density at radius 2 is 1.85 bits per heavy atom. The number of anilines is 3. The van der Waals surface area contributed by atoms with Crippen LogP contribution in [-0.4, -0.2) is 12.6 Å². The zero-order valence-electron chi connectivity index (χ0n) is 11.1. The number of nitrogen functional groups attached to an aromatic ring is 1. The molecule has 0 aliphatic rings. The average molecular weight is 273 g/mol. The van der Waals surface area contributed by atoms with Crippen LogP contribution in [0, 0.1) is 5.82 Å². The van der Waals surface area contributed by atoms with Gasteiger partial charge in [0.15, 0.2) is 0 Å². The molecule has 3 N–H and O–H groups in total. The number of halogens is 1. The standard InChI is InChI=1S/C15H16FN3O/c1-2-19(12-9-7-11(17)8-10-12)15(20)18-14-6-4-3-5-13(14)16/h3-10H,2,17H2,1H3,(H,18,20). The highest BCUT2D eigenvalue weighted by molar-refractivity contribution is 6.01. The molecule has 0 aromatic heterocycles. The SMILES string of the molecule is CCN(C(=O)Nc1ccccc1F)c1ccc(N)cc1. The Hall–Kier alpha value is -2.56. The van der Waals surface area contributed by atoms with E-state index in [2.05, 4.69) is 5.32 Å². The van der Waals surface area contributed by atoms with Crippen LogP contribution in [0.25, 0.3) is 0 Å². The lowest BCUT2D eigenvalue weighted by atomic mass is 10.2. The molecule has 104 valence electrons. The number of hydrogen-bond donors (Lipinski definition) is 2. The third-order valence-electron chi connectivity index (χ3n) is 2.88. The molecule has 0 aliphatic heterocycles. The maximum atomic E-state index is 13.5. The molecular formula is C15H16FN3O. The predicted octanol–water partition coefficient (Wildman–Crippen LogP) is 3.47. The number of rotatable bonds is 3. The van der Waals surface area contributed by atoms with Gasteiger partial charge in [-0.25, -0.2) is 9.18 Å². The number of hydrogen-bond acceptors (Lipinski definition) is 2. The molecule has 0 unspecified atom stereocenters. The van der Waals surface area contributed by atoms with Gasteiger partial charge in [0.05, 0.1) is 5.69 Å². The van der Waals surface area contributed by atoms with Crippen molar-refractivity contribution in [1.29, 1.82) is 0 Å². The van der Waals surface area contributed by atoms with E-state index < -0.39 is 5.82 Å². The summed E-state index contributed by atoms with van der Waals surface area (Å²) >= 11 is 0. The first kappa shape index (κ1) is 13.9. The predicted molar refractivity (Wildman–Crippen MR) is 79.3 cm³/mol. The minimum absolute atomic E-state index is 0.159. The average Bonchev–Trinajstić information content (AvgIpc) is 2.44. The van der Waals surface area contributed by atoms with E-state index in [1.807, 2.05) is 6.92 Å². The smallest absolute Gasteiger partial charge is 0.326 e. The van der Waals surface area contributed by atoms with E-state index >= 15 is 0 Å². The van der Waals surface area contributed by atoms with Crippen LogP contribution >= 0.6 is 0 Å². The van der Waals surface area contributed by atoms with Gasteiger partial charge in [0.1, 0.15) is 5.82 Å². The highest BCUT2D eigenvalue weighted by Crippen LogP contribution is 2.19. The number of para-hydroxylation sites is 1. The molecule has 20 heavy (non-hydrogen) atoms. The number of carbonyl (C=O) groups excluding carboxylic acids is 1. The fourth-order valence-electron chi connectivity index (χ4n) is 1.84. The number of benzene rings is 2. The molecular weight excluding hydrogens is 257 g/mol. The van der Waals surface area contributed by atoms with E-state index in [4.69, 9.17) is 5.73 Å². The summed E-state index contributed by atoms with van der Waals surface area (Å²) < 4.78 is 13.5. The van der Waals surface area contributed by atoms with Crippen molar-refractivity contribution in [1.82, 2.24) is 0 Å². The Balaban J connectivity index is 2.18. The van der Waals surface area contributed by atoms with E-state index in [1.54, 1.807) is 36.4 Å². The lowest BCUT2D eigenvalue weighted by molar-refractivity contribution is 0.257. The Morgan fingerprint density at radius 3 is 2.45 bits per heavy atom. The molecule has 0 atom stereocenters. The number of nitrogens with zero attached hydrogens (tertiary/aromatic N) is 1. The lowest BCUT2D eigenvalue weighted by Crippen LogP contribution is -2.35. The van der Waals surface area contributed by atoms with Crippen LogP contribution in [0.5, 0.6) is 0 Å². The molecule has 0 radical (unpaired) electrons. The molecule has 0 heterocycles. The zero-order chi connectivity index (χ0) is 14.5. The first-order chi connectivity index (χ1) is 9.61. The molecule has 4 nitrogen and oxygen atoms in total. The summed E-state index contributed by atoms with van der Waals surface area (Å²) in [6.45, 7) is 2.31. The van der Waals surface area contributed by atoms with Crippen molar-refractivity contribution in [3.8, 4) is 0 Å². The quantitative estimate of drug-likeness (QED) is 0.841. The second-order valence-corrected chi connectivity index (χ2v) is 4.25. The van der Waals surface area contributed by atoms with Crippen molar-refractivity contribution in [2.24, 2.45) is 0 Å². The second-order valence-electron chi connectivity index (χ2n) is 4.25. The Labute approximate surface area is 117 Å². The third kappa shape index (κ3) is 3.06. The maximum absolute atomic E-state index is 13.5. The third-order valence-corrected chi connectivity index (χ3v) is 2.88. The first-order valence-electron chi connectivity index (χ1n) is 6.30. The van der Waals surface area contributed by atoms with Crippen molar-refractivity contribution in [3.05, 3.63) is 54.3 Å². The van der Waals surface area contributed by atoms with Crippen LogP contribution in [0.15, 0.2) is 48.5 Å². The summed E-state index contributed by atoms with van der Waals surface area (Å²) in [4.78, 5) is 13.7. The molecule has 2 amide bonds. The zero-order valence-corrected chi connectivity index (χ0v) is 11.1. The lowest BCUT2D eigenvalue weighted by Gasteiger charge is -2.21. The van der Waals surface area contributed by atoms with Crippen LogP contribution in [-0.2, 0) is 0 Å². The fraction of sp³-hybridized carbons (Fsp3) is 0.133. The minimum atomic E-state index is -0.464. The van der Waals surface area contributed by atoms with Gasteiger partial charge >= 0.3 is 6.03 Å². The van der Waals surface area contributed by atoms with Gasteiger partial charge in [-0.1, -0.05) is 12.1 Å². The second kappa shape index (κ2) is 6.06. The Morgan fingerprint density at radius 1 is 1.20 bits per heavy atom. The normalized spacial score (nSPS) is 10.1. The fourth-order valence-corrected chi connectivity index (χ4v) is 1.84. The summed E-state index contributed by atoms with van der Waals surface area (Å²) in [7, 11) is 0. The minimum Gasteiger partial charge on any atom is -0.399 e. The Bertz CT molecular complexity index is 598. The van der Waals surface area contributed by atoms with Crippen LogP contribution in [0.2, 0.25) is 0 Å². The van der Waals surface area contributed by atoms with Crippen LogP contribution in [0.1, 0.15) is 6.92 Å². The number of carbonyl (C=O) groups is 1. The van der Waals surface area contributed by atoms with E-state index in [0.717, 1.165) is 0 Å². The van der Waals surface area contributed by atoms with Crippen molar-refractivity contribution in [2.75, 3.05) is 22.5 Å². The number of amides is 2. The molecule has 0 bridgehead atoms. The molecule has 0 saturated heterocycles. The molecule has 2 aromatic rings. The molecule has 0 spiro atoms. The van der Waals surface area contributed by atoms with E-state index in [0.29, 0.717) is 17.9 Å². The van der Waals surface area contributed by atoms with Gasteiger partial charge in [-0.05, 0) is 43.3 Å². The van der Waals surface area contributed by atoms with Gasteiger partial charge in [-0.15, -0.1) is 0 Å². The number of nitrogens with one attached hydrogen (secondary N) is 1. The highest BCUT2D eigenvalue weighted by atomic mass is 19.1. The van der Waals surface area contributed by atoms with Crippen molar-refractivity contribution < 1.29 is 9.18 Å². The van der Waals surface area contributed by atoms with Gasteiger partial charge in [0, 0.05) is 17.9 Å². The van der Waals surface area contributed by atoms with E-state index in [1.165, 1.54) is 17.0 Å². The van der Waals surface area contributed by atoms with Crippen molar-refractivity contribution >= 4 is 23.1 Å². The molecule has 0 saturated carbocycles. The molecule has 0 fully saturated rings. The Kier molecular flexibility index (Phi) is 4.20. The van der Waals surface area contributed by atoms with Gasteiger partial charge in [-0.2, -0.15) is 0 Å². The highest BCUT2D eigenvalue weighted by Gasteiger charge is 2.15. The van der Waals surface area contributed by atoms with Gasteiger partial charge in [0.2, 0.25) is 0 Å². The topological polar surface area (TPSA) is 58.4 Å². The summed E-state index contributed by atoms with van der Waals surface area (Å²) in [5.74, 6) is -0.464. The maximum Gasteiger partial charge on any atom is 0.326 e. The molecule has 0 aliphatic carbocycles. The molecule has 2 aromatic carbocycles. The number of urea groups is 1. The largest absolute Gasteiger partial charge is 0.399 e. The number of nitrogens with two attached hydrogens (primary N) is 1. The monoisotopic (exact) mass is 273 g/mol. The summed E-state index contributed by atoms with van der Waals surface area (Å²) in [6, 6.07) is 12.6. The van der Waals surface area contributed by atoms with Crippen molar-refractivity contribution in [3.63, 3.8) is 0 Å². The summed E-state index contributed by atoms with van der Waals surface area (Å²) in [6.07, 6.45) is 0. The van der Waals surface area contributed by atoms with Gasteiger partial charge < -0.3 is 11.1 Å². The van der Waals surface area contributed by atoms with Gasteiger partial charge in [0.25, 0.3) is 0 Å². The first-order valence-corrected chi connectivity index (χ1v) is 6.30. The van der Waals surface area contributed by atoms with Gasteiger partial charge in [-0.3, -0.25) is 4.90 Å². The van der Waals surface area contributed by atoms with E-state index in [9.17, 15) is 9.18 Å². The van der Waals surface area contributed by atoms with Crippen LogP contribution in [0.4, 0.5) is 26.2 Å². The summed E-state index contributed by atoms with van der Waals surface area (Å²) in [5.41, 5.74) is 7.11. The molecule has 5 heteroatoms. The van der Waals surface area contributed by atoms with Crippen LogP contribution in [0.3, 0.4) is 0 Å². The van der Waals surface area contributed by atoms with Crippen LogP contribution < -0.4 is 16.0 Å².